The molecule has 2 heterocycles. The highest BCUT2D eigenvalue weighted by molar-refractivity contribution is 7.89. The van der Waals surface area contributed by atoms with E-state index >= 15 is 0 Å². The lowest BCUT2D eigenvalue weighted by atomic mass is 9.96. The molecular formula is C16H20FN3O2S. The topological polar surface area (TPSA) is 66.1 Å². The van der Waals surface area contributed by atoms with Gasteiger partial charge in [0, 0.05) is 30.3 Å². The Balaban J connectivity index is 1.79. The number of sulfonamides is 1. The lowest BCUT2D eigenvalue weighted by molar-refractivity contribution is 0.313. The molecule has 0 saturated carbocycles. The van der Waals surface area contributed by atoms with Crippen LogP contribution in [-0.4, -0.2) is 41.8 Å². The highest BCUT2D eigenvalue weighted by Crippen LogP contribution is 2.29. The lowest BCUT2D eigenvalue weighted by Crippen LogP contribution is -2.39. The summed E-state index contributed by atoms with van der Waals surface area (Å²) in [4.78, 5) is 0. The minimum absolute atomic E-state index is 0.117. The van der Waals surface area contributed by atoms with Crippen LogP contribution in [0, 0.1) is 5.82 Å². The van der Waals surface area contributed by atoms with Crippen molar-refractivity contribution < 1.29 is 12.8 Å². The Labute approximate surface area is 135 Å². The third kappa shape index (κ3) is 3.45. The Kier molecular flexibility index (Phi) is 4.50. The number of hydrogen-bond acceptors (Lipinski definition) is 3. The maximum atomic E-state index is 13.0. The van der Waals surface area contributed by atoms with Gasteiger partial charge in [0.1, 0.15) is 5.82 Å². The molecule has 2 aromatic rings. The number of rotatable bonds is 4. The van der Waals surface area contributed by atoms with Crippen molar-refractivity contribution in [1.29, 1.82) is 0 Å². The van der Waals surface area contributed by atoms with Crippen LogP contribution in [0.25, 0.3) is 11.3 Å². The van der Waals surface area contributed by atoms with Gasteiger partial charge < -0.3 is 0 Å². The Morgan fingerprint density at radius 1 is 1.35 bits per heavy atom. The Bertz CT molecular complexity index is 771. The molecule has 23 heavy (non-hydrogen) atoms. The Morgan fingerprint density at radius 2 is 2.09 bits per heavy atom. The fourth-order valence-electron chi connectivity index (χ4n) is 2.95. The molecule has 1 aromatic heterocycles. The first kappa shape index (κ1) is 16.1. The summed E-state index contributed by atoms with van der Waals surface area (Å²) in [6.45, 7) is 2.74. The molecule has 1 atom stereocenters. The Hall–Kier alpha value is -1.73. The van der Waals surface area contributed by atoms with Gasteiger partial charge in [0.25, 0.3) is 0 Å². The molecule has 0 amide bonds. The van der Waals surface area contributed by atoms with Crippen molar-refractivity contribution in [2.24, 2.45) is 0 Å². The van der Waals surface area contributed by atoms with Gasteiger partial charge in [0.2, 0.25) is 10.0 Å². The van der Waals surface area contributed by atoms with Gasteiger partial charge in [-0.1, -0.05) is 0 Å². The highest BCUT2D eigenvalue weighted by atomic mass is 32.2. The molecule has 1 fully saturated rings. The van der Waals surface area contributed by atoms with E-state index in [0.29, 0.717) is 13.1 Å². The number of H-pyrrole nitrogens is 1. The number of benzene rings is 1. The summed E-state index contributed by atoms with van der Waals surface area (Å²) >= 11 is 0. The Morgan fingerprint density at radius 3 is 2.78 bits per heavy atom. The van der Waals surface area contributed by atoms with Crippen LogP contribution in [0.4, 0.5) is 4.39 Å². The first-order chi connectivity index (χ1) is 11.0. The van der Waals surface area contributed by atoms with Crippen molar-refractivity contribution >= 4 is 10.0 Å². The number of piperidine rings is 1. The van der Waals surface area contributed by atoms with Crippen LogP contribution < -0.4 is 0 Å². The zero-order chi connectivity index (χ0) is 16.4. The third-order valence-electron chi connectivity index (χ3n) is 4.32. The molecule has 0 aliphatic carbocycles. The summed E-state index contributed by atoms with van der Waals surface area (Å²) in [6, 6.07) is 8.10. The molecule has 1 N–H and O–H groups in total. The third-order valence-corrected chi connectivity index (χ3v) is 6.17. The summed E-state index contributed by atoms with van der Waals surface area (Å²) in [5.74, 6) is -0.0345. The van der Waals surface area contributed by atoms with Crippen molar-refractivity contribution in [3.63, 3.8) is 0 Å². The number of aromatic nitrogens is 2. The zero-order valence-corrected chi connectivity index (χ0v) is 13.8. The largest absolute Gasteiger partial charge is 0.282 e. The first-order valence-corrected chi connectivity index (χ1v) is 9.39. The molecule has 124 valence electrons. The normalized spacial score (nSPS) is 19.8. The van der Waals surface area contributed by atoms with Crippen LogP contribution in [0.2, 0.25) is 0 Å². The minimum Gasteiger partial charge on any atom is -0.282 e. The van der Waals surface area contributed by atoms with Gasteiger partial charge in [-0.3, -0.25) is 5.10 Å². The molecule has 1 unspecified atom stereocenters. The molecular weight excluding hydrogens is 317 g/mol. The number of hydrogen-bond donors (Lipinski definition) is 1. The summed E-state index contributed by atoms with van der Waals surface area (Å²) in [7, 11) is -3.15. The van der Waals surface area contributed by atoms with E-state index in [-0.39, 0.29) is 17.5 Å². The highest BCUT2D eigenvalue weighted by Gasteiger charge is 2.29. The lowest BCUT2D eigenvalue weighted by Gasteiger charge is -2.31. The molecule has 0 bridgehead atoms. The molecule has 5 nitrogen and oxygen atoms in total. The van der Waals surface area contributed by atoms with E-state index in [4.69, 9.17) is 0 Å². The second-order valence-corrected chi connectivity index (χ2v) is 8.07. The summed E-state index contributed by atoms with van der Waals surface area (Å²) in [6.07, 6.45) is 1.77. The fraction of sp³-hybridized carbons (Fsp3) is 0.438. The van der Waals surface area contributed by atoms with Gasteiger partial charge in [0.05, 0.1) is 11.4 Å². The monoisotopic (exact) mass is 337 g/mol. The van der Waals surface area contributed by atoms with E-state index in [9.17, 15) is 12.8 Å². The zero-order valence-electron chi connectivity index (χ0n) is 13.0. The van der Waals surface area contributed by atoms with E-state index in [1.807, 2.05) is 6.07 Å². The van der Waals surface area contributed by atoms with Crippen LogP contribution in [0.15, 0.2) is 30.3 Å². The van der Waals surface area contributed by atoms with Crippen LogP contribution >= 0.6 is 0 Å². The average Bonchev–Trinajstić information content (AvgIpc) is 3.06. The fourth-order valence-corrected chi connectivity index (χ4v) is 4.13. The van der Waals surface area contributed by atoms with Crippen LogP contribution in [0.5, 0.6) is 0 Å². The van der Waals surface area contributed by atoms with E-state index < -0.39 is 10.0 Å². The molecule has 1 aliphatic heterocycles. The number of halogens is 1. The van der Waals surface area contributed by atoms with E-state index in [0.717, 1.165) is 29.8 Å². The first-order valence-electron chi connectivity index (χ1n) is 7.78. The molecule has 1 saturated heterocycles. The van der Waals surface area contributed by atoms with Crippen molar-refractivity contribution in [3.05, 3.63) is 41.8 Å². The van der Waals surface area contributed by atoms with Crippen molar-refractivity contribution in [2.45, 2.75) is 25.7 Å². The van der Waals surface area contributed by atoms with Crippen molar-refractivity contribution in [3.8, 4) is 11.3 Å². The summed E-state index contributed by atoms with van der Waals surface area (Å²) < 4.78 is 38.7. The molecule has 1 aromatic carbocycles. The summed E-state index contributed by atoms with van der Waals surface area (Å²) in [5, 5.41) is 7.30. The van der Waals surface area contributed by atoms with Gasteiger partial charge >= 0.3 is 0 Å². The molecule has 0 radical (unpaired) electrons. The van der Waals surface area contributed by atoms with Gasteiger partial charge in [-0.25, -0.2) is 17.1 Å². The van der Waals surface area contributed by atoms with Gasteiger partial charge in [-0.05, 0) is 50.1 Å². The van der Waals surface area contributed by atoms with Crippen molar-refractivity contribution in [1.82, 2.24) is 14.5 Å². The smallest absolute Gasteiger partial charge is 0.213 e. The van der Waals surface area contributed by atoms with E-state index in [1.165, 1.54) is 12.1 Å². The summed E-state index contributed by atoms with van der Waals surface area (Å²) in [5.41, 5.74) is 2.51. The molecule has 0 spiro atoms. The van der Waals surface area contributed by atoms with Gasteiger partial charge in [0.15, 0.2) is 0 Å². The second-order valence-electron chi connectivity index (χ2n) is 5.81. The van der Waals surface area contributed by atoms with Crippen LogP contribution in [-0.2, 0) is 10.0 Å². The SMILES string of the molecule is CCS(=O)(=O)N1CCCC(c2cc(-c3ccc(F)cc3)n[nH]2)C1. The number of nitrogens with zero attached hydrogens (tertiary/aromatic N) is 2. The van der Waals surface area contributed by atoms with Crippen LogP contribution in [0.1, 0.15) is 31.4 Å². The minimum atomic E-state index is -3.15. The number of aromatic amines is 1. The van der Waals surface area contributed by atoms with Gasteiger partial charge in [-0.15, -0.1) is 0 Å². The van der Waals surface area contributed by atoms with Crippen LogP contribution in [0.3, 0.4) is 0 Å². The van der Waals surface area contributed by atoms with E-state index in [2.05, 4.69) is 10.2 Å². The predicted octanol–water partition coefficient (Wildman–Crippen LogP) is 2.74. The standard InChI is InChI=1S/C16H20FN3O2S/c1-2-23(21,22)20-9-3-4-13(11-20)16-10-15(18-19-16)12-5-7-14(17)8-6-12/h5-8,10,13H,2-4,9,11H2,1H3,(H,18,19). The van der Waals surface area contributed by atoms with Crippen molar-refractivity contribution in [2.75, 3.05) is 18.8 Å². The predicted molar refractivity (Wildman–Crippen MR) is 87.0 cm³/mol. The maximum Gasteiger partial charge on any atom is 0.213 e. The van der Waals surface area contributed by atoms with Gasteiger partial charge in [-0.2, -0.15) is 5.10 Å². The quantitative estimate of drug-likeness (QED) is 0.933. The number of nitrogens with one attached hydrogen (secondary N) is 1. The molecule has 3 rings (SSSR count). The maximum absolute atomic E-state index is 13.0. The molecule has 7 heteroatoms. The van der Waals surface area contributed by atoms with E-state index in [1.54, 1.807) is 23.4 Å². The average molecular weight is 337 g/mol. The molecule has 1 aliphatic rings. The second kappa shape index (κ2) is 6.41.